The molecule has 2 unspecified atom stereocenters. The van der Waals surface area contributed by atoms with E-state index in [2.05, 4.69) is 6.07 Å². The zero-order valence-corrected chi connectivity index (χ0v) is 8.82. The molecule has 0 spiro atoms. The van der Waals surface area contributed by atoms with E-state index in [9.17, 15) is 10.4 Å². The van der Waals surface area contributed by atoms with Gasteiger partial charge in [-0.2, -0.15) is 5.26 Å². The molecule has 2 rings (SSSR count). The van der Waals surface area contributed by atoms with Crippen LogP contribution < -0.4 is 0 Å². The van der Waals surface area contributed by atoms with Crippen molar-refractivity contribution in [1.82, 2.24) is 0 Å². The van der Waals surface area contributed by atoms with Crippen LogP contribution in [0.25, 0.3) is 0 Å². The molecule has 4 nitrogen and oxygen atoms in total. The van der Waals surface area contributed by atoms with Gasteiger partial charge in [0.15, 0.2) is 0 Å². The molecule has 2 aliphatic heterocycles. The summed E-state index contributed by atoms with van der Waals surface area (Å²) in [7, 11) is 0. The topological polar surface area (TPSA) is 62.5 Å². The molecule has 2 atom stereocenters. The zero-order chi connectivity index (χ0) is 10.7. The van der Waals surface area contributed by atoms with Gasteiger partial charge in [0.2, 0.25) is 0 Å². The molecule has 0 radical (unpaired) electrons. The number of aliphatic hydroxyl groups is 1. The normalized spacial score (nSPS) is 34.9. The molecule has 0 aromatic rings. The van der Waals surface area contributed by atoms with Crippen LogP contribution in [0.5, 0.6) is 0 Å². The van der Waals surface area contributed by atoms with E-state index >= 15 is 0 Å². The molecule has 15 heavy (non-hydrogen) atoms. The molecule has 4 heteroatoms. The highest BCUT2D eigenvalue weighted by molar-refractivity contribution is 5.07. The smallest absolute Gasteiger partial charge is 0.109 e. The lowest BCUT2D eigenvalue weighted by Crippen LogP contribution is -2.42. The minimum atomic E-state index is -0.665. The molecule has 0 aromatic carbocycles. The third kappa shape index (κ3) is 2.00. The molecule has 0 bridgehead atoms. The van der Waals surface area contributed by atoms with Gasteiger partial charge in [-0.25, -0.2) is 0 Å². The molecule has 2 aliphatic rings. The first-order chi connectivity index (χ1) is 7.28. The summed E-state index contributed by atoms with van der Waals surface area (Å²) in [5.41, 5.74) is -0.665. The van der Waals surface area contributed by atoms with Gasteiger partial charge >= 0.3 is 0 Å². The molecule has 2 heterocycles. The summed E-state index contributed by atoms with van der Waals surface area (Å²) in [5.74, 6) is 0.195. The van der Waals surface area contributed by atoms with Crippen molar-refractivity contribution >= 4 is 0 Å². The van der Waals surface area contributed by atoms with Crippen molar-refractivity contribution < 1.29 is 14.6 Å². The van der Waals surface area contributed by atoms with E-state index in [1.807, 2.05) is 0 Å². The van der Waals surface area contributed by atoms with E-state index in [0.717, 1.165) is 12.8 Å². The van der Waals surface area contributed by atoms with Gasteiger partial charge in [0.1, 0.15) is 5.41 Å². The van der Waals surface area contributed by atoms with Crippen LogP contribution in [-0.4, -0.2) is 37.6 Å². The molecule has 0 aliphatic carbocycles. The fraction of sp³-hybridized carbons (Fsp3) is 0.909. The number of rotatable bonds is 2. The van der Waals surface area contributed by atoms with Gasteiger partial charge < -0.3 is 14.6 Å². The Bertz CT molecular complexity index is 249. The standard InChI is InChI=1S/C11H17NO3/c12-7-11(3-6-15-8-11)10(13)9-1-4-14-5-2-9/h9-10,13H,1-6,8H2. The second-order valence-corrected chi connectivity index (χ2v) is 4.47. The van der Waals surface area contributed by atoms with E-state index < -0.39 is 11.5 Å². The molecular formula is C11H17NO3. The first kappa shape index (κ1) is 10.9. The second-order valence-electron chi connectivity index (χ2n) is 4.47. The van der Waals surface area contributed by atoms with Crippen LogP contribution in [0, 0.1) is 22.7 Å². The van der Waals surface area contributed by atoms with E-state index in [-0.39, 0.29) is 5.92 Å². The molecule has 0 saturated carbocycles. The quantitative estimate of drug-likeness (QED) is 0.730. The molecule has 2 fully saturated rings. The highest BCUT2D eigenvalue weighted by atomic mass is 16.5. The van der Waals surface area contributed by atoms with E-state index in [1.165, 1.54) is 0 Å². The Kier molecular flexibility index (Phi) is 3.25. The number of nitriles is 1. The van der Waals surface area contributed by atoms with Gasteiger partial charge in [0, 0.05) is 19.8 Å². The van der Waals surface area contributed by atoms with Crippen LogP contribution in [0.4, 0.5) is 0 Å². The van der Waals surface area contributed by atoms with Crippen molar-refractivity contribution in [3.05, 3.63) is 0 Å². The fourth-order valence-electron chi connectivity index (χ4n) is 2.45. The van der Waals surface area contributed by atoms with Gasteiger partial charge in [-0.05, 0) is 25.2 Å². The Labute approximate surface area is 89.8 Å². The number of aliphatic hydroxyl groups excluding tert-OH is 1. The number of ether oxygens (including phenoxy) is 2. The average molecular weight is 211 g/mol. The van der Waals surface area contributed by atoms with Gasteiger partial charge in [0.25, 0.3) is 0 Å². The molecule has 1 N–H and O–H groups in total. The SMILES string of the molecule is N#CC1(C(O)C2CCOCC2)CCOC1. The summed E-state index contributed by atoms with van der Waals surface area (Å²) in [6.07, 6.45) is 1.80. The molecule has 0 amide bonds. The molecule has 84 valence electrons. The summed E-state index contributed by atoms with van der Waals surface area (Å²) in [6, 6.07) is 2.26. The Hall–Kier alpha value is -0.630. The van der Waals surface area contributed by atoms with Crippen LogP contribution in [0.2, 0.25) is 0 Å². The van der Waals surface area contributed by atoms with Crippen molar-refractivity contribution in [2.24, 2.45) is 11.3 Å². The first-order valence-electron chi connectivity index (χ1n) is 5.53. The first-order valence-corrected chi connectivity index (χ1v) is 5.53. The highest BCUT2D eigenvalue weighted by Gasteiger charge is 2.45. The van der Waals surface area contributed by atoms with Crippen LogP contribution in [0.1, 0.15) is 19.3 Å². The van der Waals surface area contributed by atoms with E-state index in [1.54, 1.807) is 0 Å². The molecule has 2 saturated heterocycles. The number of hydrogen-bond donors (Lipinski definition) is 1. The fourth-order valence-corrected chi connectivity index (χ4v) is 2.45. The van der Waals surface area contributed by atoms with Crippen LogP contribution in [0.15, 0.2) is 0 Å². The number of hydrogen-bond acceptors (Lipinski definition) is 4. The lowest BCUT2D eigenvalue weighted by molar-refractivity contribution is -0.0402. The lowest BCUT2D eigenvalue weighted by atomic mass is 9.74. The predicted octanol–water partition coefficient (Wildman–Crippen LogP) is 0.704. The highest BCUT2D eigenvalue weighted by Crippen LogP contribution is 2.37. The predicted molar refractivity (Wildman–Crippen MR) is 53.0 cm³/mol. The Morgan fingerprint density at radius 2 is 2.00 bits per heavy atom. The maximum atomic E-state index is 10.3. The van der Waals surface area contributed by atoms with Crippen molar-refractivity contribution in [2.75, 3.05) is 26.4 Å². The third-order valence-electron chi connectivity index (χ3n) is 3.55. The van der Waals surface area contributed by atoms with Crippen molar-refractivity contribution in [3.63, 3.8) is 0 Å². The van der Waals surface area contributed by atoms with Crippen molar-refractivity contribution in [1.29, 1.82) is 5.26 Å². The van der Waals surface area contributed by atoms with Gasteiger partial charge in [-0.15, -0.1) is 0 Å². The van der Waals surface area contributed by atoms with Gasteiger partial charge in [-0.3, -0.25) is 0 Å². The Balaban J connectivity index is 2.04. The lowest BCUT2D eigenvalue weighted by Gasteiger charge is -2.34. The number of nitrogens with zero attached hydrogens (tertiary/aromatic N) is 1. The molecule has 0 aromatic heterocycles. The van der Waals surface area contributed by atoms with Crippen LogP contribution in [0.3, 0.4) is 0 Å². The second kappa shape index (κ2) is 4.48. The minimum Gasteiger partial charge on any atom is -0.391 e. The Morgan fingerprint density at radius 1 is 1.27 bits per heavy atom. The summed E-state index contributed by atoms with van der Waals surface area (Å²) < 4.78 is 10.5. The van der Waals surface area contributed by atoms with Crippen molar-refractivity contribution in [3.8, 4) is 6.07 Å². The van der Waals surface area contributed by atoms with E-state index in [4.69, 9.17) is 9.47 Å². The maximum Gasteiger partial charge on any atom is 0.109 e. The summed E-state index contributed by atoms with van der Waals surface area (Å²) in [6.45, 7) is 2.37. The molecular weight excluding hydrogens is 194 g/mol. The van der Waals surface area contributed by atoms with Gasteiger partial charge in [-0.1, -0.05) is 0 Å². The van der Waals surface area contributed by atoms with Crippen LogP contribution in [-0.2, 0) is 9.47 Å². The zero-order valence-electron chi connectivity index (χ0n) is 8.82. The Morgan fingerprint density at radius 3 is 2.53 bits per heavy atom. The minimum absolute atomic E-state index is 0.195. The van der Waals surface area contributed by atoms with Crippen LogP contribution >= 0.6 is 0 Å². The van der Waals surface area contributed by atoms with Crippen molar-refractivity contribution in [2.45, 2.75) is 25.4 Å². The third-order valence-corrected chi connectivity index (χ3v) is 3.55. The van der Waals surface area contributed by atoms with Gasteiger partial charge in [0.05, 0.1) is 18.8 Å². The van der Waals surface area contributed by atoms with E-state index in [0.29, 0.717) is 32.8 Å². The summed E-state index contributed by atoms with van der Waals surface area (Å²) in [4.78, 5) is 0. The summed E-state index contributed by atoms with van der Waals surface area (Å²) >= 11 is 0. The largest absolute Gasteiger partial charge is 0.391 e. The average Bonchev–Trinajstić information content (AvgIpc) is 2.79. The summed E-state index contributed by atoms with van der Waals surface area (Å²) in [5, 5.41) is 19.5. The maximum absolute atomic E-state index is 10.3. The monoisotopic (exact) mass is 211 g/mol.